The van der Waals surface area contributed by atoms with E-state index in [0.29, 0.717) is 5.56 Å². The van der Waals surface area contributed by atoms with Crippen LogP contribution in [0.4, 0.5) is 0 Å². The SMILES string of the molecule is Cc1ccc(C)n1NC(=O)c1csc(I)c1. The van der Waals surface area contributed by atoms with Crippen LogP contribution in [0, 0.1) is 16.7 Å². The minimum absolute atomic E-state index is 0.0680. The molecule has 0 fully saturated rings. The predicted molar refractivity (Wildman–Crippen MR) is 74.6 cm³/mol. The maximum absolute atomic E-state index is 11.9. The molecule has 1 N–H and O–H groups in total. The van der Waals surface area contributed by atoms with Crippen LogP contribution in [0.25, 0.3) is 0 Å². The highest BCUT2D eigenvalue weighted by Crippen LogP contribution is 2.17. The number of amides is 1. The second-order valence-corrected chi connectivity index (χ2v) is 6.34. The van der Waals surface area contributed by atoms with Gasteiger partial charge in [-0.05, 0) is 54.6 Å². The Morgan fingerprint density at radius 1 is 1.38 bits per heavy atom. The van der Waals surface area contributed by atoms with E-state index in [-0.39, 0.29) is 5.91 Å². The molecule has 0 atom stereocenters. The largest absolute Gasteiger partial charge is 0.270 e. The molecule has 1 amide bonds. The first-order valence-corrected chi connectivity index (χ1v) is 6.74. The van der Waals surface area contributed by atoms with Crippen LogP contribution in [0.5, 0.6) is 0 Å². The third kappa shape index (κ3) is 2.30. The Morgan fingerprint density at radius 3 is 2.50 bits per heavy atom. The van der Waals surface area contributed by atoms with E-state index >= 15 is 0 Å². The van der Waals surface area contributed by atoms with Crippen molar-refractivity contribution in [2.45, 2.75) is 13.8 Å². The molecule has 0 spiro atoms. The van der Waals surface area contributed by atoms with E-state index in [1.807, 2.05) is 37.4 Å². The van der Waals surface area contributed by atoms with Gasteiger partial charge in [0.1, 0.15) is 0 Å². The monoisotopic (exact) mass is 346 g/mol. The molecule has 2 aromatic heterocycles. The summed E-state index contributed by atoms with van der Waals surface area (Å²) in [6, 6.07) is 5.84. The zero-order chi connectivity index (χ0) is 11.7. The fourth-order valence-electron chi connectivity index (χ4n) is 1.44. The molecule has 16 heavy (non-hydrogen) atoms. The normalized spacial score (nSPS) is 10.4. The Bertz CT molecular complexity index is 510. The van der Waals surface area contributed by atoms with Gasteiger partial charge in [0.15, 0.2) is 0 Å². The number of aryl methyl sites for hydroxylation is 2. The maximum Gasteiger partial charge on any atom is 0.270 e. The number of carbonyl (C=O) groups is 1. The van der Waals surface area contributed by atoms with Crippen LogP contribution < -0.4 is 5.43 Å². The first-order valence-electron chi connectivity index (χ1n) is 4.78. The van der Waals surface area contributed by atoms with Crippen LogP contribution in [-0.4, -0.2) is 10.6 Å². The average molecular weight is 346 g/mol. The lowest BCUT2D eigenvalue weighted by molar-refractivity contribution is 0.101. The van der Waals surface area contributed by atoms with Gasteiger partial charge < -0.3 is 0 Å². The predicted octanol–water partition coefficient (Wildman–Crippen LogP) is 3.15. The van der Waals surface area contributed by atoms with E-state index < -0.39 is 0 Å². The third-order valence-corrected chi connectivity index (χ3v) is 4.10. The van der Waals surface area contributed by atoms with Crippen molar-refractivity contribution < 1.29 is 4.79 Å². The van der Waals surface area contributed by atoms with Gasteiger partial charge in [0.25, 0.3) is 5.91 Å². The molecule has 3 nitrogen and oxygen atoms in total. The van der Waals surface area contributed by atoms with Gasteiger partial charge in [-0.15, -0.1) is 11.3 Å². The molecule has 0 aliphatic heterocycles. The van der Waals surface area contributed by atoms with Crippen molar-refractivity contribution in [3.8, 4) is 0 Å². The first-order chi connectivity index (χ1) is 7.58. The molecule has 2 aromatic rings. The van der Waals surface area contributed by atoms with Crippen molar-refractivity contribution in [1.82, 2.24) is 4.68 Å². The van der Waals surface area contributed by atoms with E-state index in [0.717, 1.165) is 14.3 Å². The number of thiophene rings is 1. The second-order valence-electron chi connectivity index (χ2n) is 3.53. The quantitative estimate of drug-likeness (QED) is 0.833. The van der Waals surface area contributed by atoms with E-state index in [4.69, 9.17) is 0 Å². The summed E-state index contributed by atoms with van der Waals surface area (Å²) in [4.78, 5) is 11.9. The van der Waals surface area contributed by atoms with E-state index in [2.05, 4.69) is 28.0 Å². The van der Waals surface area contributed by atoms with Crippen LogP contribution in [0.2, 0.25) is 0 Å². The van der Waals surface area contributed by atoms with Gasteiger partial charge in [0.2, 0.25) is 0 Å². The minimum Gasteiger partial charge on any atom is -0.267 e. The summed E-state index contributed by atoms with van der Waals surface area (Å²) in [6.45, 7) is 3.93. The van der Waals surface area contributed by atoms with Gasteiger partial charge in [0, 0.05) is 16.8 Å². The molecule has 84 valence electrons. The molecule has 0 bridgehead atoms. The summed E-state index contributed by atoms with van der Waals surface area (Å²) in [5.74, 6) is -0.0680. The molecule has 0 saturated carbocycles. The van der Waals surface area contributed by atoms with Gasteiger partial charge in [-0.1, -0.05) is 0 Å². The second kappa shape index (κ2) is 4.58. The topological polar surface area (TPSA) is 34.0 Å². The van der Waals surface area contributed by atoms with Gasteiger partial charge in [0.05, 0.1) is 8.45 Å². The number of aromatic nitrogens is 1. The van der Waals surface area contributed by atoms with Crippen LogP contribution >= 0.6 is 33.9 Å². The number of nitrogens with one attached hydrogen (secondary N) is 1. The molecule has 0 radical (unpaired) electrons. The minimum atomic E-state index is -0.0680. The number of carbonyl (C=O) groups excluding carboxylic acids is 1. The lowest BCUT2D eigenvalue weighted by Gasteiger charge is -2.10. The molecule has 0 aliphatic carbocycles. The average Bonchev–Trinajstić information content (AvgIpc) is 2.79. The Hall–Kier alpha value is -0.820. The molecule has 2 heterocycles. The lowest BCUT2D eigenvalue weighted by Crippen LogP contribution is -2.24. The highest BCUT2D eigenvalue weighted by atomic mass is 127. The van der Waals surface area contributed by atoms with Crippen molar-refractivity contribution in [1.29, 1.82) is 0 Å². The highest BCUT2D eigenvalue weighted by Gasteiger charge is 2.09. The molecule has 0 aromatic carbocycles. The van der Waals surface area contributed by atoms with Crippen LogP contribution in [0.15, 0.2) is 23.6 Å². The number of nitrogens with zero attached hydrogens (tertiary/aromatic N) is 1. The summed E-state index contributed by atoms with van der Waals surface area (Å²) in [5.41, 5.74) is 5.63. The summed E-state index contributed by atoms with van der Waals surface area (Å²) < 4.78 is 2.91. The zero-order valence-electron chi connectivity index (χ0n) is 8.95. The Kier molecular flexibility index (Phi) is 3.34. The zero-order valence-corrected chi connectivity index (χ0v) is 11.9. The van der Waals surface area contributed by atoms with Crippen molar-refractivity contribution >= 4 is 39.8 Å². The number of halogens is 1. The first kappa shape index (κ1) is 11.7. The van der Waals surface area contributed by atoms with Crippen LogP contribution in [0.3, 0.4) is 0 Å². The molecular weight excluding hydrogens is 335 g/mol. The van der Waals surface area contributed by atoms with E-state index in [9.17, 15) is 4.79 Å². The van der Waals surface area contributed by atoms with Crippen molar-refractivity contribution in [2.24, 2.45) is 0 Å². The standard InChI is InChI=1S/C11H11IN2OS/c1-7-3-4-8(2)14(7)13-11(15)9-5-10(12)16-6-9/h3-6H,1-2H3,(H,13,15). The van der Waals surface area contributed by atoms with Crippen molar-refractivity contribution in [3.63, 3.8) is 0 Å². The van der Waals surface area contributed by atoms with Crippen molar-refractivity contribution in [3.05, 3.63) is 43.4 Å². The van der Waals surface area contributed by atoms with Crippen LogP contribution in [0.1, 0.15) is 21.7 Å². The Morgan fingerprint density at radius 2 is 2.00 bits per heavy atom. The summed E-state index contributed by atoms with van der Waals surface area (Å²) in [6.07, 6.45) is 0. The fourth-order valence-corrected chi connectivity index (χ4v) is 2.77. The smallest absolute Gasteiger partial charge is 0.267 e. The third-order valence-electron chi connectivity index (χ3n) is 2.31. The van der Waals surface area contributed by atoms with Crippen LogP contribution in [-0.2, 0) is 0 Å². The number of rotatable bonds is 2. The molecule has 0 aliphatic rings. The molecule has 5 heteroatoms. The summed E-state index contributed by atoms with van der Waals surface area (Å²) >= 11 is 3.78. The lowest BCUT2D eigenvalue weighted by atomic mass is 10.3. The molecular formula is C11H11IN2OS. The van der Waals surface area contributed by atoms with Crippen molar-refractivity contribution in [2.75, 3.05) is 5.43 Å². The Balaban J connectivity index is 2.20. The summed E-state index contributed by atoms with van der Waals surface area (Å²) in [5, 5.41) is 1.87. The van der Waals surface area contributed by atoms with Gasteiger partial charge in [-0.25, -0.2) is 0 Å². The molecule has 0 saturated heterocycles. The Labute approximate surface area is 112 Å². The number of hydrogen-bond donors (Lipinski definition) is 1. The molecule has 0 unspecified atom stereocenters. The van der Waals surface area contributed by atoms with E-state index in [1.165, 1.54) is 0 Å². The van der Waals surface area contributed by atoms with E-state index in [1.54, 1.807) is 16.0 Å². The maximum atomic E-state index is 11.9. The van der Waals surface area contributed by atoms with Gasteiger partial charge in [-0.3, -0.25) is 14.9 Å². The fraction of sp³-hybridized carbons (Fsp3) is 0.182. The molecule has 2 rings (SSSR count). The number of hydrogen-bond acceptors (Lipinski definition) is 2. The van der Waals surface area contributed by atoms with Gasteiger partial charge in [-0.2, -0.15) is 0 Å². The van der Waals surface area contributed by atoms with Gasteiger partial charge >= 0.3 is 0 Å². The summed E-state index contributed by atoms with van der Waals surface area (Å²) in [7, 11) is 0. The highest BCUT2D eigenvalue weighted by molar-refractivity contribution is 14.1.